The van der Waals surface area contributed by atoms with E-state index in [1.165, 1.54) is 0 Å². The summed E-state index contributed by atoms with van der Waals surface area (Å²) in [5.74, 6) is 12.7. The van der Waals surface area contributed by atoms with E-state index in [4.69, 9.17) is 5.73 Å². The largest absolute Gasteiger partial charge is 0.397 e. The van der Waals surface area contributed by atoms with Gasteiger partial charge in [0.25, 0.3) is 0 Å². The van der Waals surface area contributed by atoms with Gasteiger partial charge in [0, 0.05) is 34.6 Å². The van der Waals surface area contributed by atoms with Crippen molar-refractivity contribution in [3.63, 3.8) is 0 Å². The molecule has 5 nitrogen and oxygen atoms in total. The Morgan fingerprint density at radius 3 is 1.38 bits per heavy atom. The van der Waals surface area contributed by atoms with Crippen LogP contribution >= 0.6 is 0 Å². The van der Waals surface area contributed by atoms with Crippen LogP contribution in [0.15, 0.2) is 126 Å². The number of anilines is 1. The van der Waals surface area contributed by atoms with Gasteiger partial charge >= 0.3 is 0 Å². The number of benzene rings is 3. The number of hydrogen-bond donors (Lipinski definition) is 1. The minimum absolute atomic E-state index is 0.561. The second-order valence-electron chi connectivity index (χ2n) is 8.39. The number of para-hydroxylation sites is 1. The van der Waals surface area contributed by atoms with Gasteiger partial charge in [-0.1, -0.05) is 41.9 Å². The summed E-state index contributed by atoms with van der Waals surface area (Å²) < 4.78 is 0. The van der Waals surface area contributed by atoms with Gasteiger partial charge in [-0.25, -0.2) is 0 Å². The zero-order chi connectivity index (χ0) is 26.7. The van der Waals surface area contributed by atoms with Crippen LogP contribution in [-0.2, 0) is 0 Å². The van der Waals surface area contributed by atoms with E-state index in [-0.39, 0.29) is 0 Å². The number of hydrogen-bond acceptors (Lipinski definition) is 5. The summed E-state index contributed by atoms with van der Waals surface area (Å²) in [6.07, 6.45) is 6.96. The van der Waals surface area contributed by atoms with Gasteiger partial charge in [0.05, 0.1) is 40.9 Å². The van der Waals surface area contributed by atoms with E-state index in [0.29, 0.717) is 5.69 Å². The maximum Gasteiger partial charge on any atom is 0.0812 e. The normalized spacial score (nSPS) is 10.6. The Morgan fingerprint density at radius 2 is 0.974 bits per heavy atom. The molecule has 0 saturated carbocycles. The fraction of sp³-hybridized carbons (Fsp3) is 0. The third-order valence-electron chi connectivity index (χ3n) is 5.59. The highest BCUT2D eigenvalue weighted by Gasteiger charge is 2.01. The van der Waals surface area contributed by atoms with E-state index >= 15 is 0 Å². The quantitative estimate of drug-likeness (QED) is 0.177. The average Bonchev–Trinajstić information content (AvgIpc) is 3.00. The third kappa shape index (κ3) is 7.13. The molecule has 0 spiro atoms. The number of aliphatic imine (C=N–C) groups is 2. The molecule has 2 N–H and O–H groups in total. The molecule has 0 aliphatic rings. The molecule has 0 radical (unpaired) electrons. The predicted octanol–water partition coefficient (Wildman–Crippen LogP) is 6.36. The molecule has 0 atom stereocenters. The lowest BCUT2D eigenvalue weighted by Gasteiger charge is -2.01. The Kier molecular flexibility index (Phi) is 7.95. The molecule has 0 fully saturated rings. The summed E-state index contributed by atoms with van der Waals surface area (Å²) >= 11 is 0. The van der Waals surface area contributed by atoms with Crippen molar-refractivity contribution in [2.45, 2.75) is 0 Å². The third-order valence-corrected chi connectivity index (χ3v) is 5.59. The van der Waals surface area contributed by atoms with Gasteiger partial charge in [-0.2, -0.15) is 0 Å². The van der Waals surface area contributed by atoms with Crippen molar-refractivity contribution in [3.05, 3.63) is 149 Å². The summed E-state index contributed by atoms with van der Waals surface area (Å²) in [5, 5.41) is 0. The van der Waals surface area contributed by atoms with Crippen LogP contribution in [-0.4, -0.2) is 22.4 Å². The van der Waals surface area contributed by atoms with Crippen molar-refractivity contribution >= 4 is 29.5 Å². The fourth-order valence-electron chi connectivity index (χ4n) is 3.51. The summed E-state index contributed by atoms with van der Waals surface area (Å²) in [5.41, 5.74) is 13.4. The van der Waals surface area contributed by atoms with Gasteiger partial charge in [-0.15, -0.1) is 0 Å². The number of nitrogen functional groups attached to an aromatic ring is 1. The standard InChI is InChI=1S/C34H23N5/c35-34-28(16-10-26-12-18-30(19-13-26)38-24-32-8-1-3-22-36-32)6-5-7-29(34)17-11-27-14-20-31(21-15-27)39-25-33-9-2-4-23-37-33/h1-9,12-15,18-25H,35H2. The zero-order valence-corrected chi connectivity index (χ0v) is 21.0. The van der Waals surface area contributed by atoms with Crippen molar-refractivity contribution in [1.29, 1.82) is 0 Å². The smallest absolute Gasteiger partial charge is 0.0812 e. The van der Waals surface area contributed by atoms with Crippen LogP contribution in [0, 0.1) is 23.7 Å². The molecule has 0 aliphatic heterocycles. The second kappa shape index (κ2) is 12.5. The molecule has 2 heterocycles. The minimum atomic E-state index is 0.561. The molecule has 39 heavy (non-hydrogen) atoms. The van der Waals surface area contributed by atoms with Crippen molar-refractivity contribution in [3.8, 4) is 23.7 Å². The van der Waals surface area contributed by atoms with Gasteiger partial charge in [-0.05, 0) is 84.9 Å². The Hall–Kier alpha value is -5.78. The highest BCUT2D eigenvalue weighted by Crippen LogP contribution is 2.18. The first-order valence-electron chi connectivity index (χ1n) is 12.3. The van der Waals surface area contributed by atoms with Crippen LogP contribution in [0.2, 0.25) is 0 Å². The molecule has 3 aromatic carbocycles. The average molecular weight is 502 g/mol. The molecule has 5 aromatic rings. The van der Waals surface area contributed by atoms with Crippen LogP contribution < -0.4 is 5.73 Å². The molecule has 5 rings (SSSR count). The monoisotopic (exact) mass is 501 g/mol. The van der Waals surface area contributed by atoms with Gasteiger partial charge in [0.15, 0.2) is 0 Å². The second-order valence-corrected chi connectivity index (χ2v) is 8.39. The van der Waals surface area contributed by atoms with Crippen molar-refractivity contribution in [2.24, 2.45) is 9.98 Å². The van der Waals surface area contributed by atoms with Crippen LogP contribution in [0.25, 0.3) is 0 Å². The summed E-state index contributed by atoms with van der Waals surface area (Å²) in [7, 11) is 0. The topological polar surface area (TPSA) is 76.5 Å². The first-order valence-corrected chi connectivity index (χ1v) is 12.3. The van der Waals surface area contributed by atoms with Crippen LogP contribution in [0.3, 0.4) is 0 Å². The van der Waals surface area contributed by atoms with E-state index < -0.39 is 0 Å². The Morgan fingerprint density at radius 1 is 0.513 bits per heavy atom. The number of aromatic nitrogens is 2. The van der Waals surface area contributed by atoms with Crippen molar-refractivity contribution in [2.75, 3.05) is 5.73 Å². The molecule has 5 heteroatoms. The van der Waals surface area contributed by atoms with Gasteiger partial charge in [-0.3, -0.25) is 20.0 Å². The zero-order valence-electron chi connectivity index (χ0n) is 21.0. The van der Waals surface area contributed by atoms with Gasteiger partial charge in [0.1, 0.15) is 0 Å². The lowest BCUT2D eigenvalue weighted by atomic mass is 10.1. The van der Waals surface area contributed by atoms with E-state index in [1.807, 2.05) is 103 Å². The lowest BCUT2D eigenvalue weighted by Crippen LogP contribution is -1.94. The summed E-state index contributed by atoms with van der Waals surface area (Å²) in [6, 6.07) is 32.5. The molecule has 184 valence electrons. The van der Waals surface area contributed by atoms with Gasteiger partial charge < -0.3 is 5.73 Å². The Balaban J connectivity index is 1.25. The van der Waals surface area contributed by atoms with Crippen molar-refractivity contribution < 1.29 is 0 Å². The van der Waals surface area contributed by atoms with Gasteiger partial charge in [0.2, 0.25) is 0 Å². The first-order chi connectivity index (χ1) is 19.2. The summed E-state index contributed by atoms with van der Waals surface area (Å²) in [6.45, 7) is 0. The van der Waals surface area contributed by atoms with Crippen LogP contribution in [0.5, 0.6) is 0 Å². The van der Waals surface area contributed by atoms with E-state index in [9.17, 15) is 0 Å². The van der Waals surface area contributed by atoms with E-state index in [0.717, 1.165) is 45.0 Å². The summed E-state index contributed by atoms with van der Waals surface area (Å²) in [4.78, 5) is 17.4. The van der Waals surface area contributed by atoms with Crippen LogP contribution in [0.1, 0.15) is 33.6 Å². The van der Waals surface area contributed by atoms with E-state index in [1.54, 1.807) is 24.8 Å². The first kappa shape index (κ1) is 24.9. The lowest BCUT2D eigenvalue weighted by molar-refractivity contribution is 1.30. The molecule has 0 aliphatic carbocycles. The molecule has 2 aromatic heterocycles. The number of pyridine rings is 2. The molecule has 0 amide bonds. The van der Waals surface area contributed by atoms with E-state index in [2.05, 4.69) is 43.6 Å². The van der Waals surface area contributed by atoms with Crippen LogP contribution in [0.4, 0.5) is 17.1 Å². The Bertz CT molecular complexity index is 1600. The maximum atomic E-state index is 6.39. The molecule has 0 bridgehead atoms. The number of rotatable bonds is 4. The maximum absolute atomic E-state index is 6.39. The highest BCUT2D eigenvalue weighted by molar-refractivity contribution is 5.80. The fourth-order valence-corrected chi connectivity index (χ4v) is 3.51. The predicted molar refractivity (Wildman–Crippen MR) is 159 cm³/mol. The Labute approximate surface area is 227 Å². The number of nitrogens with two attached hydrogens (primary N) is 1. The number of nitrogens with zero attached hydrogens (tertiary/aromatic N) is 4. The molecular weight excluding hydrogens is 478 g/mol. The highest BCUT2D eigenvalue weighted by atomic mass is 14.8. The minimum Gasteiger partial charge on any atom is -0.397 e. The SMILES string of the molecule is Nc1c(C#Cc2ccc(N=Cc3ccccn3)cc2)cccc1C#Cc1ccc(N=Cc2ccccn2)cc1. The molecule has 0 saturated heterocycles. The molecular formula is C34H23N5. The molecule has 0 unspecified atom stereocenters. The van der Waals surface area contributed by atoms with Crippen molar-refractivity contribution in [1.82, 2.24) is 9.97 Å².